The number of hydrogen-bond acceptors (Lipinski definition) is 4. The summed E-state index contributed by atoms with van der Waals surface area (Å²) >= 11 is 7.17. The fourth-order valence-corrected chi connectivity index (χ4v) is 0.642. The standard InChI is InChI=1S/2C5H5.2CHS.2Mn.2NO/c2*1-2-4-5-3-1;2*1-2;;;2*1-2/h2*1-5H;2*1H;;;;/q4*-1;;;2*-1. The molecule has 0 saturated heterocycles. The summed E-state index contributed by atoms with van der Waals surface area (Å²) in [5.41, 5.74) is 11.5. The molecule has 0 aliphatic heterocycles. The van der Waals surface area contributed by atoms with Crippen molar-refractivity contribution < 1.29 is 34.1 Å². The molecular weight excluding hydrogens is 378 g/mol. The number of rotatable bonds is 0. The first-order valence-electron chi connectivity index (χ1n) is 4.17. The van der Waals surface area contributed by atoms with E-state index in [4.69, 9.17) is 21.0 Å². The molecule has 0 aromatic heterocycles. The van der Waals surface area contributed by atoms with Gasteiger partial charge in [0.2, 0.25) is 0 Å². The molecule has 0 aliphatic rings. The van der Waals surface area contributed by atoms with Gasteiger partial charge in [-0.15, -0.1) is 0 Å². The van der Waals surface area contributed by atoms with Crippen LogP contribution in [-0.2, 0) is 34.1 Å². The maximum Gasteiger partial charge on any atom is 0 e. The minimum atomic E-state index is 0. The Hall–Kier alpha value is -0.881. The van der Waals surface area contributed by atoms with Crippen LogP contribution in [0.25, 0.3) is 11.2 Å². The second kappa shape index (κ2) is 63.9. The van der Waals surface area contributed by atoms with E-state index >= 15 is 0 Å². The van der Waals surface area contributed by atoms with Crippen LogP contribution in [0, 0.1) is 9.81 Å². The molecule has 0 aliphatic carbocycles. The van der Waals surface area contributed by atoms with Gasteiger partial charge in [-0.25, -0.2) is 24.3 Å². The second-order valence-corrected chi connectivity index (χ2v) is 1.92. The van der Waals surface area contributed by atoms with Crippen molar-refractivity contribution in [2.45, 2.75) is 0 Å². The Kier molecular flexibility index (Phi) is 116. The molecule has 0 unspecified atom stereocenters. The molecule has 0 N–H and O–H groups in total. The van der Waals surface area contributed by atoms with Gasteiger partial charge in [-0.1, -0.05) is 0 Å². The third-order valence-electron chi connectivity index (χ3n) is 1.11. The summed E-state index contributed by atoms with van der Waals surface area (Å²) in [6, 6.07) is 20.0. The van der Waals surface area contributed by atoms with Crippen molar-refractivity contribution in [2.75, 3.05) is 0 Å². The monoisotopic (exact) mass is 390 g/mol. The van der Waals surface area contributed by atoms with E-state index in [1.807, 2.05) is 60.7 Å². The molecule has 2 radical (unpaired) electrons. The summed E-state index contributed by atoms with van der Waals surface area (Å²) in [5.74, 6) is 8.17. The fourth-order valence-electron chi connectivity index (χ4n) is 0.642. The van der Waals surface area contributed by atoms with Crippen LogP contribution in [0.5, 0.6) is 0 Å². The number of hydrogen-bond donors (Lipinski definition) is 0. The van der Waals surface area contributed by atoms with Gasteiger partial charge in [-0.3, -0.25) is 0 Å². The van der Waals surface area contributed by atoms with Crippen LogP contribution in [0.2, 0.25) is 0 Å². The molecule has 2 aromatic carbocycles. The quantitative estimate of drug-likeness (QED) is 0.379. The third kappa shape index (κ3) is 53.5. The van der Waals surface area contributed by atoms with E-state index in [1.54, 1.807) is 0 Å². The Morgan fingerprint density at radius 1 is 0.600 bits per heavy atom. The zero-order valence-electron chi connectivity index (χ0n) is 10.2. The van der Waals surface area contributed by atoms with E-state index in [0.29, 0.717) is 0 Å². The number of nitrogens with zero attached hydrogens (tertiary/aromatic N) is 2. The van der Waals surface area contributed by atoms with Crippen LogP contribution in [0.15, 0.2) is 60.7 Å². The molecule has 0 saturated carbocycles. The summed E-state index contributed by atoms with van der Waals surface area (Å²) in [6.07, 6.45) is 0. The summed E-state index contributed by atoms with van der Waals surface area (Å²) in [7, 11) is 0. The van der Waals surface area contributed by atoms with Crippen molar-refractivity contribution in [3.63, 3.8) is 0 Å². The third-order valence-corrected chi connectivity index (χ3v) is 1.11. The molecule has 20 heavy (non-hydrogen) atoms. The van der Waals surface area contributed by atoms with Gasteiger partial charge in [0.15, 0.2) is 0 Å². The van der Waals surface area contributed by atoms with Crippen molar-refractivity contribution in [1.29, 1.82) is 0 Å². The Labute approximate surface area is 151 Å². The predicted molar refractivity (Wildman–Crippen MR) is 84.8 cm³/mol. The molecule has 0 heterocycles. The first kappa shape index (κ1) is 36.5. The van der Waals surface area contributed by atoms with Crippen LogP contribution in [-0.4, -0.2) is 11.7 Å². The van der Waals surface area contributed by atoms with Gasteiger partial charge in [0, 0.05) is 34.1 Å². The average molecular weight is 390 g/mol. The SMILES string of the molecule is [CH-]=S.[CH-]=S.[Mn].[Mn].[N-]=O.[N-]=O.c1cc[cH-]c1.c1cc[cH-]c1. The van der Waals surface area contributed by atoms with Crippen LogP contribution in [0.1, 0.15) is 0 Å². The van der Waals surface area contributed by atoms with Crippen molar-refractivity contribution in [3.8, 4) is 0 Å². The van der Waals surface area contributed by atoms with E-state index < -0.39 is 0 Å². The Bertz CT molecular complexity index is 217. The number of thiocarbonyl (C=S) groups is 2. The minimum Gasteiger partial charge on any atom is -0.577 e. The first-order chi connectivity index (χ1) is 9.00. The summed E-state index contributed by atoms with van der Waals surface area (Å²) in [5, 5.41) is 0. The van der Waals surface area contributed by atoms with E-state index in [-0.39, 0.29) is 34.1 Å². The molecule has 0 spiro atoms. The van der Waals surface area contributed by atoms with Gasteiger partial charge in [0.1, 0.15) is 0 Å². The minimum absolute atomic E-state index is 0. The zero-order valence-corrected chi connectivity index (χ0v) is 14.2. The second-order valence-electron chi connectivity index (χ2n) is 1.92. The van der Waals surface area contributed by atoms with Gasteiger partial charge >= 0.3 is 0 Å². The van der Waals surface area contributed by atoms with Crippen molar-refractivity contribution >= 4 is 36.2 Å². The van der Waals surface area contributed by atoms with Gasteiger partial charge < -0.3 is 57.2 Å². The van der Waals surface area contributed by atoms with Crippen LogP contribution >= 0.6 is 24.4 Å². The van der Waals surface area contributed by atoms with Gasteiger partial charge in [-0.2, -0.15) is 36.4 Å². The predicted octanol–water partition coefficient (Wildman–Crippen LogP) is 4.44. The largest absolute Gasteiger partial charge is 0.577 e. The van der Waals surface area contributed by atoms with Gasteiger partial charge in [0.25, 0.3) is 0 Å². The van der Waals surface area contributed by atoms with E-state index in [0.717, 1.165) is 0 Å². The molecule has 0 atom stereocenters. The van der Waals surface area contributed by atoms with Gasteiger partial charge in [0.05, 0.1) is 0 Å². The Balaban J connectivity index is -0.0000000311. The normalized spacial score (nSPS) is 4.80. The molecule has 4 nitrogen and oxygen atoms in total. The van der Waals surface area contributed by atoms with Crippen molar-refractivity contribution in [3.05, 3.63) is 81.7 Å². The molecule has 0 fully saturated rings. The molecular formula is C12H12Mn2N2O2S2-6. The fraction of sp³-hybridized carbons (Fsp3) is 0. The van der Waals surface area contributed by atoms with E-state index in [1.165, 1.54) is 0 Å². The summed E-state index contributed by atoms with van der Waals surface area (Å²) < 4.78 is 0. The van der Waals surface area contributed by atoms with Gasteiger partial charge in [-0.05, 0) is 0 Å². The number of nitroso groups, excluding NO2 is 2. The van der Waals surface area contributed by atoms with Crippen molar-refractivity contribution in [2.24, 2.45) is 0 Å². The maximum absolute atomic E-state index is 7.25. The molecule has 2 rings (SSSR count). The molecule has 114 valence electrons. The topological polar surface area (TPSA) is 78.7 Å². The molecule has 0 amide bonds. The Morgan fingerprint density at radius 2 is 0.750 bits per heavy atom. The van der Waals surface area contributed by atoms with Crippen LogP contribution in [0.4, 0.5) is 0 Å². The maximum atomic E-state index is 7.25. The zero-order chi connectivity index (χ0) is 15.1. The molecule has 8 heteroatoms. The molecule has 0 bridgehead atoms. The summed E-state index contributed by atoms with van der Waals surface area (Å²) in [4.78, 5) is 14.5. The smallest absolute Gasteiger partial charge is 0 e. The van der Waals surface area contributed by atoms with Crippen molar-refractivity contribution in [1.82, 2.24) is 0 Å². The van der Waals surface area contributed by atoms with Crippen LogP contribution < -0.4 is 0 Å². The van der Waals surface area contributed by atoms with E-state index in [2.05, 4.69) is 36.2 Å². The summed E-state index contributed by atoms with van der Waals surface area (Å²) in [6.45, 7) is 0. The average Bonchev–Trinajstić information content (AvgIpc) is 3.25. The van der Waals surface area contributed by atoms with E-state index in [9.17, 15) is 0 Å². The first-order valence-corrected chi connectivity index (χ1v) is 5.11. The molecule has 2 aromatic rings. The van der Waals surface area contributed by atoms with Crippen LogP contribution in [0.3, 0.4) is 0 Å². The Morgan fingerprint density at radius 3 is 0.800 bits per heavy atom.